The van der Waals surface area contributed by atoms with E-state index in [1.807, 2.05) is 13.0 Å². The number of aryl methyl sites for hydroxylation is 2. The molecule has 3 aromatic carbocycles. The van der Waals surface area contributed by atoms with Gasteiger partial charge < -0.3 is 0 Å². The number of carbonyl (C=O) groups excluding carboxylic acids is 1. The Hall–Kier alpha value is -3.16. The van der Waals surface area contributed by atoms with E-state index in [-0.39, 0.29) is 4.90 Å². The van der Waals surface area contributed by atoms with Crippen molar-refractivity contribution in [2.24, 2.45) is 5.10 Å². The molecule has 0 heterocycles. The lowest BCUT2D eigenvalue weighted by atomic mass is 10.1. The summed E-state index contributed by atoms with van der Waals surface area (Å²) in [6.07, 6.45) is 0. The molecule has 1 amide bonds. The number of benzene rings is 3. The maximum Gasteiger partial charge on any atom is 0.264 e. The Morgan fingerprint density at radius 1 is 0.969 bits per heavy atom. The van der Waals surface area contributed by atoms with Crippen LogP contribution in [-0.4, -0.2) is 26.6 Å². The van der Waals surface area contributed by atoms with Crippen LogP contribution in [0.5, 0.6) is 0 Å². The number of hydrogen-bond acceptors (Lipinski definition) is 4. The molecule has 0 aromatic heterocycles. The van der Waals surface area contributed by atoms with Crippen molar-refractivity contribution in [2.75, 3.05) is 10.8 Å². The molecule has 0 saturated carbocycles. The monoisotopic (exact) mass is 469 g/mol. The second-order valence-electron chi connectivity index (χ2n) is 7.35. The van der Waals surface area contributed by atoms with Crippen LogP contribution in [0.4, 0.5) is 5.69 Å². The average Bonchev–Trinajstić information content (AvgIpc) is 2.77. The fourth-order valence-corrected chi connectivity index (χ4v) is 4.66. The van der Waals surface area contributed by atoms with Crippen LogP contribution >= 0.6 is 11.6 Å². The first-order valence-corrected chi connectivity index (χ1v) is 11.7. The summed E-state index contributed by atoms with van der Waals surface area (Å²) in [5, 5.41) is 4.71. The SMILES string of the molecule is C/C(=N/NC(=O)CN(c1ccccc1C)S(=O)(=O)c1ccc(C)cc1)c1ccc(Cl)cc1. The number of hydrogen-bond donors (Lipinski definition) is 1. The summed E-state index contributed by atoms with van der Waals surface area (Å²) >= 11 is 5.90. The molecule has 0 aliphatic heterocycles. The molecule has 1 N–H and O–H groups in total. The normalized spacial score (nSPS) is 11.8. The van der Waals surface area contributed by atoms with E-state index in [2.05, 4.69) is 10.5 Å². The molecule has 0 bridgehead atoms. The van der Waals surface area contributed by atoms with Crippen molar-refractivity contribution in [2.45, 2.75) is 25.7 Å². The number of carbonyl (C=O) groups is 1. The second kappa shape index (κ2) is 9.97. The molecule has 3 rings (SSSR count). The van der Waals surface area contributed by atoms with Gasteiger partial charge in [0.05, 0.1) is 16.3 Å². The maximum atomic E-state index is 13.4. The number of anilines is 1. The second-order valence-corrected chi connectivity index (χ2v) is 9.65. The van der Waals surface area contributed by atoms with Gasteiger partial charge in [0.25, 0.3) is 15.9 Å². The van der Waals surface area contributed by atoms with Gasteiger partial charge in [-0.1, -0.05) is 59.6 Å². The smallest absolute Gasteiger partial charge is 0.264 e. The lowest BCUT2D eigenvalue weighted by molar-refractivity contribution is -0.119. The summed E-state index contributed by atoms with van der Waals surface area (Å²) in [5.74, 6) is -0.558. The minimum absolute atomic E-state index is 0.111. The van der Waals surface area contributed by atoms with Gasteiger partial charge in [-0.25, -0.2) is 13.8 Å². The first kappa shape index (κ1) is 23.5. The highest BCUT2D eigenvalue weighted by Crippen LogP contribution is 2.26. The number of nitrogens with zero attached hydrogens (tertiary/aromatic N) is 2. The van der Waals surface area contributed by atoms with E-state index in [9.17, 15) is 13.2 Å². The van der Waals surface area contributed by atoms with Gasteiger partial charge in [0.15, 0.2) is 0 Å². The molecule has 0 atom stereocenters. The molecule has 0 unspecified atom stereocenters. The van der Waals surface area contributed by atoms with Crippen molar-refractivity contribution in [1.29, 1.82) is 0 Å². The summed E-state index contributed by atoms with van der Waals surface area (Å²) in [5.41, 5.74) is 5.92. The molecule has 166 valence electrons. The minimum atomic E-state index is -3.97. The van der Waals surface area contributed by atoms with Crippen molar-refractivity contribution in [3.8, 4) is 0 Å². The number of amides is 1. The zero-order valence-corrected chi connectivity index (χ0v) is 19.6. The lowest BCUT2D eigenvalue weighted by Gasteiger charge is -2.25. The number of hydrazone groups is 1. The van der Waals surface area contributed by atoms with Crippen LogP contribution in [0.25, 0.3) is 0 Å². The average molecular weight is 470 g/mol. The molecule has 6 nitrogen and oxygen atoms in total. The van der Waals surface area contributed by atoms with Crippen LogP contribution < -0.4 is 9.73 Å². The summed E-state index contributed by atoms with van der Waals surface area (Å²) in [4.78, 5) is 12.8. The van der Waals surface area contributed by atoms with Crippen LogP contribution in [0.15, 0.2) is 82.8 Å². The molecule has 8 heteroatoms. The van der Waals surface area contributed by atoms with E-state index in [1.165, 1.54) is 12.1 Å². The van der Waals surface area contributed by atoms with Gasteiger partial charge in [0.1, 0.15) is 6.54 Å². The van der Waals surface area contributed by atoms with E-state index in [0.29, 0.717) is 16.4 Å². The fraction of sp³-hybridized carbons (Fsp3) is 0.167. The third-order valence-electron chi connectivity index (χ3n) is 4.89. The quantitative estimate of drug-likeness (QED) is 0.402. The van der Waals surface area contributed by atoms with Gasteiger partial charge >= 0.3 is 0 Å². The Labute approximate surface area is 193 Å². The Bertz CT molecular complexity index is 1240. The van der Waals surface area contributed by atoms with Crippen LogP contribution in [0.2, 0.25) is 5.02 Å². The standard InChI is InChI=1S/C24H24ClN3O3S/c1-17-8-14-22(15-9-17)32(30,31)28(23-7-5-4-6-18(23)2)16-24(29)27-26-19(3)20-10-12-21(25)13-11-20/h4-15H,16H2,1-3H3,(H,27,29)/b26-19-. The highest BCUT2D eigenvalue weighted by atomic mass is 35.5. The third-order valence-corrected chi connectivity index (χ3v) is 6.92. The fourth-order valence-electron chi connectivity index (χ4n) is 3.05. The Kier molecular flexibility index (Phi) is 7.33. The molecular weight excluding hydrogens is 446 g/mol. The molecule has 0 aliphatic carbocycles. The van der Waals surface area contributed by atoms with E-state index < -0.39 is 22.5 Å². The highest BCUT2D eigenvalue weighted by Gasteiger charge is 2.28. The van der Waals surface area contributed by atoms with Gasteiger partial charge in [0, 0.05) is 5.02 Å². The van der Waals surface area contributed by atoms with Gasteiger partial charge in [0.2, 0.25) is 0 Å². The van der Waals surface area contributed by atoms with Crippen molar-refractivity contribution in [1.82, 2.24) is 5.43 Å². The van der Waals surface area contributed by atoms with Gasteiger partial charge in [-0.3, -0.25) is 9.10 Å². The topological polar surface area (TPSA) is 78.8 Å². The number of halogens is 1. The van der Waals surface area contributed by atoms with Crippen LogP contribution in [0.1, 0.15) is 23.6 Å². The van der Waals surface area contributed by atoms with Crippen molar-refractivity contribution in [3.05, 3.63) is 94.5 Å². The first-order chi connectivity index (χ1) is 15.2. The molecule has 0 fully saturated rings. The largest absolute Gasteiger partial charge is 0.271 e. The van der Waals surface area contributed by atoms with E-state index >= 15 is 0 Å². The third kappa shape index (κ3) is 5.55. The molecular formula is C24H24ClN3O3S. The Morgan fingerprint density at radius 2 is 1.59 bits per heavy atom. The van der Waals surface area contributed by atoms with Crippen molar-refractivity contribution < 1.29 is 13.2 Å². The number of sulfonamides is 1. The van der Waals surface area contributed by atoms with Crippen LogP contribution in [0, 0.1) is 13.8 Å². The molecule has 3 aromatic rings. The predicted molar refractivity (Wildman–Crippen MR) is 129 cm³/mol. The number of para-hydroxylation sites is 1. The van der Waals surface area contributed by atoms with Crippen molar-refractivity contribution >= 4 is 38.9 Å². The van der Waals surface area contributed by atoms with Crippen LogP contribution in [-0.2, 0) is 14.8 Å². The van der Waals surface area contributed by atoms with Crippen molar-refractivity contribution in [3.63, 3.8) is 0 Å². The highest BCUT2D eigenvalue weighted by molar-refractivity contribution is 7.92. The summed E-state index contributed by atoms with van der Waals surface area (Å²) < 4.78 is 27.9. The molecule has 0 saturated heterocycles. The molecule has 0 radical (unpaired) electrons. The lowest BCUT2D eigenvalue weighted by Crippen LogP contribution is -2.40. The van der Waals surface area contributed by atoms with Gasteiger partial charge in [-0.15, -0.1) is 0 Å². The Balaban J connectivity index is 1.88. The first-order valence-electron chi connectivity index (χ1n) is 9.92. The minimum Gasteiger partial charge on any atom is -0.271 e. The van der Waals surface area contributed by atoms with E-state index in [1.54, 1.807) is 68.4 Å². The zero-order chi connectivity index (χ0) is 23.3. The number of rotatable bonds is 7. The maximum absolute atomic E-state index is 13.4. The van der Waals surface area contributed by atoms with E-state index in [4.69, 9.17) is 11.6 Å². The van der Waals surface area contributed by atoms with E-state index in [0.717, 1.165) is 21.0 Å². The molecule has 32 heavy (non-hydrogen) atoms. The van der Waals surface area contributed by atoms with Crippen LogP contribution in [0.3, 0.4) is 0 Å². The van der Waals surface area contributed by atoms with Gasteiger partial charge in [-0.05, 0) is 62.2 Å². The van der Waals surface area contributed by atoms with Gasteiger partial charge in [-0.2, -0.15) is 5.10 Å². The summed E-state index contributed by atoms with van der Waals surface area (Å²) in [6, 6.07) is 20.6. The molecule has 0 spiro atoms. The summed E-state index contributed by atoms with van der Waals surface area (Å²) in [6.45, 7) is 5.00. The molecule has 0 aliphatic rings. The summed E-state index contributed by atoms with van der Waals surface area (Å²) in [7, 11) is -3.97. The Morgan fingerprint density at radius 3 is 2.22 bits per heavy atom. The number of nitrogens with one attached hydrogen (secondary N) is 1. The zero-order valence-electron chi connectivity index (χ0n) is 18.0. The predicted octanol–water partition coefficient (Wildman–Crippen LogP) is 4.69.